The molecule has 0 saturated carbocycles. The first-order valence-electron chi connectivity index (χ1n) is 9.33. The summed E-state index contributed by atoms with van der Waals surface area (Å²) in [6, 6.07) is 11.1. The number of thioether (sulfide) groups is 1. The van der Waals surface area contributed by atoms with Gasteiger partial charge in [-0.2, -0.15) is 0 Å². The van der Waals surface area contributed by atoms with Crippen LogP contribution in [0.2, 0.25) is 0 Å². The van der Waals surface area contributed by atoms with Crippen molar-refractivity contribution >= 4 is 23.4 Å². The molecule has 0 aliphatic rings. The Labute approximate surface area is 175 Å². The minimum Gasteiger partial charge on any atom is -0.489 e. The Morgan fingerprint density at radius 3 is 2.72 bits per heavy atom. The van der Waals surface area contributed by atoms with Crippen LogP contribution in [0.1, 0.15) is 47.2 Å². The second kappa shape index (κ2) is 9.52. The maximum atomic E-state index is 12.9. The highest BCUT2D eigenvalue weighted by Gasteiger charge is 2.19. The van der Waals surface area contributed by atoms with E-state index < -0.39 is 0 Å². The molecule has 0 saturated heterocycles. The smallest absolute Gasteiger partial charge is 0.260 e. The molecular formula is C22H24N4O2S. The number of rotatable bonds is 7. The fraction of sp³-hybridized carbons (Fsp3) is 0.273. The Bertz CT molecular complexity index is 993. The Kier molecular flexibility index (Phi) is 6.82. The first-order chi connectivity index (χ1) is 14.0. The lowest BCUT2D eigenvalue weighted by Gasteiger charge is -2.14. The number of nitrogens with one attached hydrogen (secondary N) is 1. The third-order valence-corrected chi connectivity index (χ3v) is 4.91. The first-order valence-corrected chi connectivity index (χ1v) is 10.6. The SMILES string of the molecule is CSc1nc(C(C)C)nc(C)c1C(=O)Nc1cccc(OCc2cccnc2)c1. The van der Waals surface area contributed by atoms with E-state index in [-0.39, 0.29) is 11.8 Å². The molecule has 150 valence electrons. The van der Waals surface area contributed by atoms with Gasteiger partial charge in [0.15, 0.2) is 0 Å². The van der Waals surface area contributed by atoms with E-state index in [9.17, 15) is 4.79 Å². The van der Waals surface area contributed by atoms with Gasteiger partial charge in [-0.1, -0.05) is 26.0 Å². The summed E-state index contributed by atoms with van der Waals surface area (Å²) >= 11 is 1.45. The minimum absolute atomic E-state index is 0.199. The van der Waals surface area contributed by atoms with Crippen molar-refractivity contribution in [3.05, 3.63) is 71.4 Å². The van der Waals surface area contributed by atoms with Crippen molar-refractivity contribution in [1.29, 1.82) is 0 Å². The molecule has 0 fully saturated rings. The molecule has 0 bridgehead atoms. The third kappa shape index (κ3) is 5.32. The lowest BCUT2D eigenvalue weighted by molar-refractivity contribution is 0.102. The Hall–Kier alpha value is -2.93. The molecule has 1 aromatic carbocycles. The number of carbonyl (C=O) groups excluding carboxylic acids is 1. The molecule has 0 spiro atoms. The second-order valence-corrected chi connectivity index (χ2v) is 7.63. The van der Waals surface area contributed by atoms with E-state index in [1.54, 1.807) is 18.5 Å². The zero-order valence-corrected chi connectivity index (χ0v) is 17.8. The molecule has 0 unspecified atom stereocenters. The molecule has 3 aromatic rings. The van der Waals surface area contributed by atoms with E-state index in [1.807, 2.05) is 57.4 Å². The molecule has 7 heteroatoms. The second-order valence-electron chi connectivity index (χ2n) is 6.84. The van der Waals surface area contributed by atoms with E-state index in [0.717, 1.165) is 11.4 Å². The molecule has 0 aliphatic heterocycles. The van der Waals surface area contributed by atoms with Gasteiger partial charge in [0.1, 0.15) is 23.2 Å². The third-order valence-electron chi connectivity index (χ3n) is 4.23. The quantitative estimate of drug-likeness (QED) is 0.444. The van der Waals surface area contributed by atoms with Gasteiger partial charge in [0.2, 0.25) is 0 Å². The molecule has 2 aromatic heterocycles. The number of aryl methyl sites for hydroxylation is 1. The van der Waals surface area contributed by atoms with Crippen molar-refractivity contribution in [3.63, 3.8) is 0 Å². The number of nitrogens with zero attached hydrogens (tertiary/aromatic N) is 3. The maximum absolute atomic E-state index is 12.9. The van der Waals surface area contributed by atoms with Gasteiger partial charge in [0, 0.05) is 35.6 Å². The summed E-state index contributed by atoms with van der Waals surface area (Å²) in [4.78, 5) is 26.1. The lowest BCUT2D eigenvalue weighted by Crippen LogP contribution is -2.17. The molecular weight excluding hydrogens is 384 g/mol. The average Bonchev–Trinajstić information content (AvgIpc) is 2.72. The largest absolute Gasteiger partial charge is 0.489 e. The molecule has 0 atom stereocenters. The fourth-order valence-corrected chi connectivity index (χ4v) is 3.37. The fourth-order valence-electron chi connectivity index (χ4n) is 2.74. The van der Waals surface area contributed by atoms with Crippen molar-refractivity contribution < 1.29 is 9.53 Å². The number of anilines is 1. The van der Waals surface area contributed by atoms with Gasteiger partial charge in [0.25, 0.3) is 5.91 Å². The molecule has 2 heterocycles. The summed E-state index contributed by atoms with van der Waals surface area (Å²) in [5.74, 6) is 1.38. The van der Waals surface area contributed by atoms with Crippen LogP contribution in [-0.2, 0) is 6.61 Å². The zero-order valence-electron chi connectivity index (χ0n) is 17.0. The van der Waals surface area contributed by atoms with Crippen molar-refractivity contribution in [2.75, 3.05) is 11.6 Å². The number of ether oxygens (including phenoxy) is 1. The summed E-state index contributed by atoms with van der Waals surface area (Å²) in [5.41, 5.74) is 2.81. The Morgan fingerprint density at radius 1 is 1.21 bits per heavy atom. The van der Waals surface area contributed by atoms with Gasteiger partial charge in [0.05, 0.1) is 11.3 Å². The van der Waals surface area contributed by atoms with E-state index in [2.05, 4.69) is 20.3 Å². The zero-order chi connectivity index (χ0) is 20.8. The van der Waals surface area contributed by atoms with Gasteiger partial charge in [-0.3, -0.25) is 9.78 Å². The highest BCUT2D eigenvalue weighted by Crippen LogP contribution is 2.25. The highest BCUT2D eigenvalue weighted by atomic mass is 32.2. The average molecular weight is 409 g/mol. The molecule has 29 heavy (non-hydrogen) atoms. The van der Waals surface area contributed by atoms with Crippen LogP contribution >= 0.6 is 11.8 Å². The predicted octanol–water partition coefficient (Wildman–Crippen LogP) is 4.86. The molecule has 0 aliphatic carbocycles. The van der Waals surface area contributed by atoms with Crippen LogP contribution in [0.5, 0.6) is 5.75 Å². The maximum Gasteiger partial charge on any atom is 0.260 e. The molecule has 1 N–H and O–H groups in total. The summed E-state index contributed by atoms with van der Waals surface area (Å²) in [5, 5.41) is 3.62. The number of pyridine rings is 1. The predicted molar refractivity (Wildman–Crippen MR) is 116 cm³/mol. The van der Waals surface area contributed by atoms with Crippen LogP contribution in [-0.4, -0.2) is 27.1 Å². The van der Waals surface area contributed by atoms with Crippen LogP contribution in [0.3, 0.4) is 0 Å². The first kappa shape index (κ1) is 20.8. The number of amides is 1. The number of carbonyl (C=O) groups is 1. The number of hydrogen-bond donors (Lipinski definition) is 1. The van der Waals surface area contributed by atoms with Crippen molar-refractivity contribution in [2.24, 2.45) is 0 Å². The highest BCUT2D eigenvalue weighted by molar-refractivity contribution is 7.98. The molecule has 1 amide bonds. The van der Waals surface area contributed by atoms with E-state index in [0.29, 0.717) is 34.3 Å². The minimum atomic E-state index is -0.230. The van der Waals surface area contributed by atoms with Crippen molar-refractivity contribution in [3.8, 4) is 5.75 Å². The summed E-state index contributed by atoms with van der Waals surface area (Å²) in [6.45, 7) is 6.33. The number of aromatic nitrogens is 3. The van der Waals surface area contributed by atoms with Gasteiger partial charge in [-0.25, -0.2) is 9.97 Å². The summed E-state index contributed by atoms with van der Waals surface area (Å²) in [7, 11) is 0. The molecule has 0 radical (unpaired) electrons. The summed E-state index contributed by atoms with van der Waals surface area (Å²) in [6.07, 6.45) is 5.40. The monoisotopic (exact) mass is 408 g/mol. The van der Waals surface area contributed by atoms with E-state index >= 15 is 0 Å². The lowest BCUT2D eigenvalue weighted by atomic mass is 10.1. The van der Waals surface area contributed by atoms with Crippen LogP contribution in [0, 0.1) is 6.92 Å². The van der Waals surface area contributed by atoms with Crippen LogP contribution in [0.15, 0.2) is 53.8 Å². The number of benzene rings is 1. The van der Waals surface area contributed by atoms with Crippen molar-refractivity contribution in [2.45, 2.75) is 38.3 Å². The van der Waals surface area contributed by atoms with Gasteiger partial charge in [-0.15, -0.1) is 11.8 Å². The topological polar surface area (TPSA) is 77.0 Å². The Balaban J connectivity index is 1.76. The summed E-state index contributed by atoms with van der Waals surface area (Å²) < 4.78 is 5.81. The van der Waals surface area contributed by atoms with Gasteiger partial charge >= 0.3 is 0 Å². The number of hydrogen-bond acceptors (Lipinski definition) is 6. The van der Waals surface area contributed by atoms with E-state index in [1.165, 1.54) is 11.8 Å². The van der Waals surface area contributed by atoms with Crippen molar-refractivity contribution in [1.82, 2.24) is 15.0 Å². The van der Waals surface area contributed by atoms with Gasteiger partial charge in [-0.05, 0) is 31.4 Å². The van der Waals surface area contributed by atoms with Crippen LogP contribution in [0.25, 0.3) is 0 Å². The van der Waals surface area contributed by atoms with Crippen LogP contribution in [0.4, 0.5) is 5.69 Å². The standard InChI is InChI=1S/C22H24N4O2S/c1-14(2)20-24-15(3)19(22(26-20)29-4)21(27)25-17-8-5-9-18(11-17)28-13-16-7-6-10-23-12-16/h5-12,14H,13H2,1-4H3,(H,25,27). The van der Waals surface area contributed by atoms with Crippen LogP contribution < -0.4 is 10.1 Å². The molecule has 6 nitrogen and oxygen atoms in total. The normalized spacial score (nSPS) is 10.8. The van der Waals surface area contributed by atoms with E-state index in [4.69, 9.17) is 4.74 Å². The Morgan fingerprint density at radius 2 is 2.03 bits per heavy atom. The molecule has 3 rings (SSSR count). The van der Waals surface area contributed by atoms with Gasteiger partial charge < -0.3 is 10.1 Å².